The Balaban J connectivity index is 1.12. The molecule has 0 spiro atoms. The van der Waals surface area contributed by atoms with E-state index in [-0.39, 0.29) is 18.0 Å². The zero-order chi connectivity index (χ0) is 41.3. The summed E-state index contributed by atoms with van der Waals surface area (Å²) < 4.78 is 12.9. The van der Waals surface area contributed by atoms with E-state index in [4.69, 9.17) is 37.7 Å². The Morgan fingerprint density at radius 1 is 0.983 bits per heavy atom. The van der Waals surface area contributed by atoms with E-state index in [2.05, 4.69) is 15.6 Å². The number of aromatic nitrogens is 3. The van der Waals surface area contributed by atoms with Gasteiger partial charge in [0, 0.05) is 66.3 Å². The van der Waals surface area contributed by atoms with E-state index >= 15 is 0 Å². The summed E-state index contributed by atoms with van der Waals surface area (Å²) in [4.78, 5) is 61.3. The number of nitrogens with one attached hydrogen (secondary N) is 2. The molecule has 15 heteroatoms. The molecule has 0 aliphatic carbocycles. The SMILES string of the molecule is COc1nc(-c2cccc(-c3cccc(-c4ccn5c(=O)c(CN6CCC(C(=O)O)C6)cnc5c4)c3Cl)c2Cl)ccc1CNC(C(=O)OC(C)(C)C)C1CCC(=O)N1. The molecule has 5 aromatic rings. The second-order valence-corrected chi connectivity index (χ2v) is 16.4. The molecule has 3 unspecified atom stereocenters. The predicted molar refractivity (Wildman–Crippen MR) is 221 cm³/mol. The van der Waals surface area contributed by atoms with Crippen molar-refractivity contribution in [3.8, 4) is 39.4 Å². The lowest BCUT2D eigenvalue weighted by Gasteiger charge is -2.28. The van der Waals surface area contributed by atoms with Gasteiger partial charge < -0.3 is 19.9 Å². The molecule has 1 amide bonds. The molecule has 0 radical (unpaired) electrons. The van der Waals surface area contributed by atoms with Gasteiger partial charge in [-0.05, 0) is 63.9 Å². The number of methoxy groups -OCH3 is 1. The first-order valence-corrected chi connectivity index (χ1v) is 19.8. The molecule has 2 aliphatic heterocycles. The number of carboxylic acid groups (broad SMARTS) is 1. The zero-order valence-corrected chi connectivity index (χ0v) is 34.1. The summed E-state index contributed by atoms with van der Waals surface area (Å²) in [7, 11) is 1.52. The fourth-order valence-corrected chi connectivity index (χ4v) is 8.16. The van der Waals surface area contributed by atoms with E-state index in [0.29, 0.717) is 94.0 Å². The van der Waals surface area contributed by atoms with Crippen LogP contribution in [0.3, 0.4) is 0 Å². The molecule has 2 saturated heterocycles. The number of fused-ring (bicyclic) bond motifs is 1. The smallest absolute Gasteiger partial charge is 0.325 e. The number of halogens is 2. The number of benzene rings is 2. The van der Waals surface area contributed by atoms with Crippen LogP contribution in [0.2, 0.25) is 10.0 Å². The number of carbonyl (C=O) groups is 3. The minimum absolute atomic E-state index is 0.108. The Labute approximate surface area is 345 Å². The molecule has 0 saturated carbocycles. The number of ether oxygens (including phenoxy) is 2. The number of aliphatic carboxylic acids is 1. The third-order valence-corrected chi connectivity index (χ3v) is 11.2. The molecule has 5 heterocycles. The van der Waals surface area contributed by atoms with Crippen molar-refractivity contribution in [3.05, 3.63) is 105 Å². The number of carbonyl (C=O) groups excluding carboxylic acids is 2. The molecule has 2 fully saturated rings. The van der Waals surface area contributed by atoms with Crippen molar-refractivity contribution in [2.45, 2.75) is 70.8 Å². The van der Waals surface area contributed by atoms with E-state index in [1.165, 1.54) is 11.5 Å². The Kier molecular flexibility index (Phi) is 11.9. The topological polar surface area (TPSA) is 164 Å². The van der Waals surface area contributed by atoms with Gasteiger partial charge >= 0.3 is 11.9 Å². The van der Waals surface area contributed by atoms with E-state index < -0.39 is 35.5 Å². The third-order valence-electron chi connectivity index (χ3n) is 10.4. The summed E-state index contributed by atoms with van der Waals surface area (Å²) in [6.07, 6.45) is 4.63. The van der Waals surface area contributed by atoms with Gasteiger partial charge in [0.25, 0.3) is 5.56 Å². The van der Waals surface area contributed by atoms with Crippen molar-refractivity contribution < 1.29 is 29.0 Å². The summed E-state index contributed by atoms with van der Waals surface area (Å²) in [5.41, 5.74) is 4.77. The van der Waals surface area contributed by atoms with Crippen molar-refractivity contribution in [2.24, 2.45) is 5.92 Å². The molecule has 13 nitrogen and oxygen atoms in total. The molecule has 302 valence electrons. The molecule has 3 aromatic heterocycles. The quantitative estimate of drug-likeness (QED) is 0.119. The predicted octanol–water partition coefficient (Wildman–Crippen LogP) is 6.39. The van der Waals surface area contributed by atoms with Gasteiger partial charge in [0.2, 0.25) is 11.8 Å². The number of likely N-dealkylation sites (tertiary alicyclic amines) is 1. The number of pyridine rings is 2. The summed E-state index contributed by atoms with van der Waals surface area (Å²) in [6, 6.07) is 17.4. The van der Waals surface area contributed by atoms with Gasteiger partial charge in [0.15, 0.2) is 0 Å². The number of rotatable bonds is 12. The van der Waals surface area contributed by atoms with Crippen LogP contribution in [0.25, 0.3) is 39.2 Å². The third kappa shape index (κ3) is 8.73. The van der Waals surface area contributed by atoms with E-state index in [9.17, 15) is 24.3 Å². The molecule has 2 aromatic carbocycles. The van der Waals surface area contributed by atoms with Gasteiger partial charge in [-0.1, -0.05) is 65.7 Å². The first kappa shape index (κ1) is 40.8. The molecule has 3 atom stereocenters. The van der Waals surface area contributed by atoms with Crippen molar-refractivity contribution in [2.75, 3.05) is 20.2 Å². The highest BCUT2D eigenvalue weighted by Gasteiger charge is 2.36. The standard InChI is InChI=1S/C43H44Cl2N6O7/c1-43(2,3)58-42(56)38(33-13-14-35(52)48-33)47-20-25-11-12-32(49-39(25)57-4)31-10-6-9-30(37(31)45)29-8-5-7-28(36(29)44)24-16-18-51-34(19-24)46-21-27(40(51)53)23-50-17-15-26(22-50)41(54)55/h5-12,16,18-19,21,26,33,38,47H,13-15,17,20,22-23H2,1-4H3,(H,48,52)(H,54,55). The van der Waals surface area contributed by atoms with Crippen LogP contribution < -0.4 is 20.9 Å². The number of amides is 1. The highest BCUT2D eigenvalue weighted by atomic mass is 35.5. The lowest BCUT2D eigenvalue weighted by atomic mass is 9.97. The Hall–Kier alpha value is -5.34. The normalized spacial score (nSPS) is 17.7. The van der Waals surface area contributed by atoms with Crippen LogP contribution in [0.4, 0.5) is 0 Å². The van der Waals surface area contributed by atoms with Gasteiger partial charge in [0.05, 0.1) is 40.4 Å². The maximum absolute atomic E-state index is 13.4. The summed E-state index contributed by atoms with van der Waals surface area (Å²) in [5.74, 6) is -1.48. The Morgan fingerprint density at radius 3 is 2.34 bits per heavy atom. The number of nitrogens with zero attached hydrogens (tertiary/aromatic N) is 4. The van der Waals surface area contributed by atoms with Crippen molar-refractivity contribution in [1.82, 2.24) is 29.9 Å². The van der Waals surface area contributed by atoms with E-state index in [1.807, 2.05) is 59.5 Å². The first-order valence-electron chi connectivity index (χ1n) is 19.0. The van der Waals surface area contributed by atoms with Crippen LogP contribution in [0.5, 0.6) is 5.88 Å². The molecule has 7 rings (SSSR count). The van der Waals surface area contributed by atoms with Gasteiger partial charge in [0.1, 0.15) is 17.3 Å². The Morgan fingerprint density at radius 2 is 1.69 bits per heavy atom. The van der Waals surface area contributed by atoms with Gasteiger partial charge in [-0.2, -0.15) is 0 Å². The van der Waals surface area contributed by atoms with Crippen LogP contribution in [0.1, 0.15) is 51.2 Å². The lowest BCUT2D eigenvalue weighted by molar-refractivity contribution is -0.158. The summed E-state index contributed by atoms with van der Waals surface area (Å²) >= 11 is 14.3. The maximum Gasteiger partial charge on any atom is 0.325 e. The van der Waals surface area contributed by atoms with Crippen molar-refractivity contribution >= 4 is 46.7 Å². The van der Waals surface area contributed by atoms with Crippen LogP contribution >= 0.6 is 23.2 Å². The molecule has 0 bridgehead atoms. The summed E-state index contributed by atoms with van der Waals surface area (Å²) in [6.45, 7) is 6.95. The minimum atomic E-state index is -0.819. The van der Waals surface area contributed by atoms with Crippen molar-refractivity contribution in [3.63, 3.8) is 0 Å². The highest BCUT2D eigenvalue weighted by Crippen LogP contribution is 2.42. The molecular weight excluding hydrogens is 783 g/mol. The average molecular weight is 828 g/mol. The van der Waals surface area contributed by atoms with Crippen molar-refractivity contribution in [1.29, 1.82) is 0 Å². The zero-order valence-electron chi connectivity index (χ0n) is 32.6. The van der Waals surface area contributed by atoms with Gasteiger partial charge in [-0.15, -0.1) is 0 Å². The molecule has 2 aliphatic rings. The van der Waals surface area contributed by atoms with Gasteiger partial charge in [-0.25, -0.2) is 9.97 Å². The average Bonchev–Trinajstić information content (AvgIpc) is 3.85. The van der Waals surface area contributed by atoms with Gasteiger partial charge in [-0.3, -0.25) is 33.8 Å². The monoisotopic (exact) mass is 826 g/mol. The second kappa shape index (κ2) is 16.9. The van der Waals surface area contributed by atoms with Crippen LogP contribution in [-0.4, -0.2) is 80.1 Å². The second-order valence-electron chi connectivity index (χ2n) is 15.6. The largest absolute Gasteiger partial charge is 0.481 e. The fraction of sp³-hybridized carbons (Fsp3) is 0.349. The van der Waals surface area contributed by atoms with Crippen LogP contribution in [-0.2, 0) is 32.2 Å². The highest BCUT2D eigenvalue weighted by molar-refractivity contribution is 6.39. The lowest BCUT2D eigenvalue weighted by Crippen LogP contribution is -2.52. The molecular formula is C43H44Cl2N6O7. The Bertz CT molecular complexity index is 2470. The minimum Gasteiger partial charge on any atom is -0.481 e. The summed E-state index contributed by atoms with van der Waals surface area (Å²) in [5, 5.41) is 16.4. The van der Waals surface area contributed by atoms with E-state index in [1.54, 1.807) is 39.2 Å². The van der Waals surface area contributed by atoms with Crippen LogP contribution in [0, 0.1) is 5.92 Å². The first-order chi connectivity index (χ1) is 27.7. The molecule has 3 N–H and O–H groups in total. The van der Waals surface area contributed by atoms with E-state index in [0.717, 1.165) is 11.1 Å². The fourth-order valence-electron chi connectivity index (χ4n) is 7.50. The number of hydrogen-bond acceptors (Lipinski definition) is 10. The molecule has 58 heavy (non-hydrogen) atoms. The number of esters is 1. The number of hydrogen-bond donors (Lipinski definition) is 3. The number of carboxylic acids is 1. The van der Waals surface area contributed by atoms with Crippen LogP contribution in [0.15, 0.2) is 77.9 Å². The maximum atomic E-state index is 13.4.